The minimum Gasteiger partial charge on any atom is -0.307 e. The summed E-state index contributed by atoms with van der Waals surface area (Å²) < 4.78 is 53.6. The van der Waals surface area contributed by atoms with Gasteiger partial charge in [0, 0.05) is 11.4 Å². The number of hydrogen-bond donors (Lipinski definition) is 4. The van der Waals surface area contributed by atoms with E-state index >= 15 is 0 Å². The highest BCUT2D eigenvalue weighted by molar-refractivity contribution is 7.90. The van der Waals surface area contributed by atoms with Gasteiger partial charge in [-0.15, -0.1) is 0 Å². The summed E-state index contributed by atoms with van der Waals surface area (Å²) in [6.45, 7) is 3.67. The molecule has 4 aromatic carbocycles. The number of rotatable bonds is 9. The highest BCUT2D eigenvalue weighted by Crippen LogP contribution is 2.16. The van der Waals surface area contributed by atoms with Gasteiger partial charge in [0.1, 0.15) is 0 Å². The first-order chi connectivity index (χ1) is 19.9. The lowest BCUT2D eigenvalue weighted by Crippen LogP contribution is -2.34. The SMILES string of the molecule is Cc1ccc(S(=O)(=O)NC(=O)Nc2ccc(CCc3ccc(NC(=O)NS(=O)(=O)c4ccc(C)cc4)cc3)cc2)cc1. The van der Waals surface area contributed by atoms with E-state index in [0.717, 1.165) is 22.3 Å². The van der Waals surface area contributed by atoms with Gasteiger partial charge in [-0.2, -0.15) is 0 Å². The van der Waals surface area contributed by atoms with E-state index in [-0.39, 0.29) is 9.79 Å². The lowest BCUT2D eigenvalue weighted by Gasteiger charge is -2.10. The molecule has 4 aromatic rings. The fraction of sp³-hybridized carbons (Fsp3) is 0.133. The van der Waals surface area contributed by atoms with E-state index < -0.39 is 32.1 Å². The van der Waals surface area contributed by atoms with Gasteiger partial charge in [-0.05, 0) is 86.3 Å². The third-order valence-corrected chi connectivity index (χ3v) is 8.94. The van der Waals surface area contributed by atoms with Crippen LogP contribution in [0.2, 0.25) is 0 Å². The number of anilines is 2. The Labute approximate surface area is 245 Å². The molecule has 0 saturated carbocycles. The van der Waals surface area contributed by atoms with Crippen molar-refractivity contribution in [3.05, 3.63) is 119 Å². The summed E-state index contributed by atoms with van der Waals surface area (Å²) in [5.41, 5.74) is 4.68. The number of carbonyl (C=O) groups is 2. The molecule has 0 aliphatic heterocycles. The van der Waals surface area contributed by atoms with Gasteiger partial charge < -0.3 is 10.6 Å². The summed E-state index contributed by atoms with van der Waals surface area (Å²) in [6, 6.07) is 24.7. The van der Waals surface area contributed by atoms with Crippen LogP contribution in [-0.4, -0.2) is 28.9 Å². The Morgan fingerprint density at radius 3 is 1.12 bits per heavy atom. The second-order valence-corrected chi connectivity index (χ2v) is 13.0. The van der Waals surface area contributed by atoms with Crippen LogP contribution in [0, 0.1) is 13.8 Å². The highest BCUT2D eigenvalue weighted by Gasteiger charge is 2.18. The summed E-state index contributed by atoms with van der Waals surface area (Å²) in [7, 11) is -7.98. The smallest absolute Gasteiger partial charge is 0.307 e. The largest absolute Gasteiger partial charge is 0.333 e. The van der Waals surface area contributed by atoms with Crippen LogP contribution in [0.3, 0.4) is 0 Å². The lowest BCUT2D eigenvalue weighted by atomic mass is 10.0. The van der Waals surface area contributed by atoms with E-state index in [2.05, 4.69) is 10.6 Å². The summed E-state index contributed by atoms with van der Waals surface area (Å²) in [5.74, 6) is 0. The van der Waals surface area contributed by atoms with Gasteiger partial charge in [0.25, 0.3) is 20.0 Å². The van der Waals surface area contributed by atoms with Crippen LogP contribution in [-0.2, 0) is 32.9 Å². The molecular formula is C30H30N4O6S2. The van der Waals surface area contributed by atoms with Crippen molar-refractivity contribution in [1.82, 2.24) is 9.44 Å². The predicted molar refractivity (Wildman–Crippen MR) is 161 cm³/mol. The number of benzene rings is 4. The summed E-state index contributed by atoms with van der Waals surface area (Å²) in [6.07, 6.45) is 1.38. The summed E-state index contributed by atoms with van der Waals surface area (Å²) >= 11 is 0. The molecule has 4 amide bonds. The number of urea groups is 2. The van der Waals surface area contributed by atoms with Gasteiger partial charge in [0.2, 0.25) is 0 Å². The molecule has 0 radical (unpaired) electrons. The molecule has 0 atom stereocenters. The van der Waals surface area contributed by atoms with E-state index in [0.29, 0.717) is 24.2 Å². The van der Waals surface area contributed by atoms with Crippen LogP contribution in [0.15, 0.2) is 107 Å². The highest BCUT2D eigenvalue weighted by atomic mass is 32.2. The Bertz CT molecular complexity index is 1640. The van der Waals surface area contributed by atoms with Gasteiger partial charge in [-0.25, -0.2) is 35.9 Å². The summed E-state index contributed by atoms with van der Waals surface area (Å²) in [5, 5.41) is 5.04. The number of sulfonamides is 2. The van der Waals surface area contributed by atoms with Crippen LogP contribution < -0.4 is 20.1 Å². The number of aryl methyl sites for hydroxylation is 4. The molecule has 0 fully saturated rings. The van der Waals surface area contributed by atoms with E-state index in [1.54, 1.807) is 48.5 Å². The second-order valence-electron chi connectivity index (χ2n) is 9.64. The Morgan fingerprint density at radius 1 is 0.500 bits per heavy atom. The fourth-order valence-electron chi connectivity index (χ4n) is 3.91. The third-order valence-electron chi connectivity index (χ3n) is 6.24. The van der Waals surface area contributed by atoms with Gasteiger partial charge in [0.05, 0.1) is 9.79 Å². The Hall–Kier alpha value is -4.68. The molecule has 0 aromatic heterocycles. The van der Waals surface area contributed by atoms with E-state index in [1.807, 2.05) is 47.6 Å². The molecule has 42 heavy (non-hydrogen) atoms. The van der Waals surface area contributed by atoms with Crippen molar-refractivity contribution in [2.75, 3.05) is 10.6 Å². The van der Waals surface area contributed by atoms with Crippen LogP contribution in [0.25, 0.3) is 0 Å². The van der Waals surface area contributed by atoms with Gasteiger partial charge >= 0.3 is 12.1 Å². The molecule has 12 heteroatoms. The molecule has 0 aliphatic rings. The Morgan fingerprint density at radius 2 is 0.810 bits per heavy atom. The van der Waals surface area contributed by atoms with Crippen LogP contribution in [0.4, 0.5) is 21.0 Å². The van der Waals surface area contributed by atoms with E-state index in [1.165, 1.54) is 24.3 Å². The van der Waals surface area contributed by atoms with E-state index in [4.69, 9.17) is 0 Å². The molecule has 4 rings (SSSR count). The number of nitrogens with one attached hydrogen (secondary N) is 4. The summed E-state index contributed by atoms with van der Waals surface area (Å²) in [4.78, 5) is 24.5. The van der Waals surface area contributed by atoms with Crippen molar-refractivity contribution in [3.8, 4) is 0 Å². The van der Waals surface area contributed by atoms with Crippen molar-refractivity contribution in [1.29, 1.82) is 0 Å². The number of carbonyl (C=O) groups excluding carboxylic acids is 2. The van der Waals surface area contributed by atoms with Crippen molar-refractivity contribution >= 4 is 43.5 Å². The standard InChI is InChI=1S/C30H30N4O6S2/c1-21-3-17-27(18-4-21)41(37,38)33-29(35)31-25-13-9-23(10-14-25)7-8-24-11-15-26(16-12-24)32-30(36)34-42(39,40)28-19-5-22(2)6-20-28/h3-6,9-20H,7-8H2,1-2H3,(H2,31,33,35)(H2,32,34,36). The van der Waals surface area contributed by atoms with Gasteiger partial charge in [-0.1, -0.05) is 59.7 Å². The van der Waals surface area contributed by atoms with Gasteiger partial charge in [0.15, 0.2) is 0 Å². The molecular weight excluding hydrogens is 576 g/mol. The third kappa shape index (κ3) is 8.41. The minimum atomic E-state index is -3.99. The zero-order chi connectivity index (χ0) is 30.3. The molecule has 0 spiro atoms. The first-order valence-corrected chi connectivity index (χ1v) is 15.9. The molecule has 0 saturated heterocycles. The topological polar surface area (TPSA) is 151 Å². The van der Waals surface area contributed by atoms with Crippen LogP contribution in [0.1, 0.15) is 22.3 Å². The molecule has 0 aliphatic carbocycles. The van der Waals surface area contributed by atoms with Crippen molar-refractivity contribution < 1.29 is 26.4 Å². The van der Waals surface area contributed by atoms with Crippen LogP contribution in [0.5, 0.6) is 0 Å². The number of hydrogen-bond acceptors (Lipinski definition) is 6. The molecule has 0 unspecified atom stereocenters. The average molecular weight is 607 g/mol. The zero-order valence-corrected chi connectivity index (χ0v) is 24.6. The normalized spacial score (nSPS) is 11.4. The maximum absolute atomic E-state index is 12.4. The fourth-order valence-corrected chi connectivity index (χ4v) is 5.72. The number of amides is 4. The average Bonchev–Trinajstić information content (AvgIpc) is 2.93. The van der Waals surface area contributed by atoms with Crippen molar-refractivity contribution in [3.63, 3.8) is 0 Å². The van der Waals surface area contributed by atoms with E-state index in [9.17, 15) is 26.4 Å². The quantitative estimate of drug-likeness (QED) is 0.208. The van der Waals surface area contributed by atoms with Gasteiger partial charge in [-0.3, -0.25) is 0 Å². The predicted octanol–water partition coefficient (Wildman–Crippen LogP) is 5.11. The Kier molecular flexibility index (Phi) is 9.28. The monoisotopic (exact) mass is 606 g/mol. The molecule has 4 N–H and O–H groups in total. The molecule has 218 valence electrons. The molecule has 0 heterocycles. The first-order valence-electron chi connectivity index (χ1n) is 12.9. The van der Waals surface area contributed by atoms with Crippen molar-refractivity contribution in [2.45, 2.75) is 36.5 Å². The Balaban J connectivity index is 1.24. The second kappa shape index (κ2) is 12.9. The molecule has 0 bridgehead atoms. The molecule has 10 nitrogen and oxygen atoms in total. The maximum atomic E-state index is 12.4. The maximum Gasteiger partial charge on any atom is 0.333 e. The minimum absolute atomic E-state index is 0.00302. The first kappa shape index (κ1) is 30.3. The van der Waals surface area contributed by atoms with Crippen molar-refractivity contribution in [2.24, 2.45) is 0 Å². The van der Waals surface area contributed by atoms with Crippen LogP contribution >= 0.6 is 0 Å². The zero-order valence-electron chi connectivity index (χ0n) is 22.9. The lowest BCUT2D eigenvalue weighted by molar-refractivity contribution is 0.255.